The van der Waals surface area contributed by atoms with Crippen molar-refractivity contribution in [2.45, 2.75) is 63.2 Å². The van der Waals surface area contributed by atoms with Crippen molar-refractivity contribution in [2.75, 3.05) is 11.1 Å². The van der Waals surface area contributed by atoms with Gasteiger partial charge in [0.1, 0.15) is 5.82 Å². The molecule has 2 heterocycles. The topological polar surface area (TPSA) is 90.5 Å². The van der Waals surface area contributed by atoms with Gasteiger partial charge in [0.2, 0.25) is 11.1 Å². The molecular formula is C15H23N7OS. The number of hydrogen-bond acceptors (Lipinski definition) is 6. The molecule has 0 bridgehead atoms. The van der Waals surface area contributed by atoms with E-state index < -0.39 is 0 Å². The highest BCUT2D eigenvalue weighted by Gasteiger charge is 2.22. The zero-order valence-corrected chi connectivity index (χ0v) is 15.1. The molecule has 1 fully saturated rings. The van der Waals surface area contributed by atoms with Crippen molar-refractivity contribution < 1.29 is 4.79 Å². The van der Waals surface area contributed by atoms with Crippen molar-refractivity contribution in [3.63, 3.8) is 0 Å². The van der Waals surface area contributed by atoms with Crippen LogP contribution in [-0.2, 0) is 10.3 Å². The molecule has 24 heavy (non-hydrogen) atoms. The molecule has 1 saturated carbocycles. The van der Waals surface area contributed by atoms with Gasteiger partial charge in [0.25, 0.3) is 0 Å². The van der Waals surface area contributed by atoms with Crippen LogP contribution in [0.15, 0.2) is 17.4 Å². The molecule has 1 aliphatic carbocycles. The summed E-state index contributed by atoms with van der Waals surface area (Å²) in [5, 5.41) is 19.7. The first kappa shape index (κ1) is 16.9. The maximum atomic E-state index is 12.3. The fraction of sp³-hybridized carbons (Fsp3) is 0.667. The highest BCUT2D eigenvalue weighted by molar-refractivity contribution is 7.99. The third kappa shape index (κ3) is 3.77. The summed E-state index contributed by atoms with van der Waals surface area (Å²) in [4.78, 5) is 12.3. The highest BCUT2D eigenvalue weighted by Crippen LogP contribution is 2.31. The Bertz CT molecular complexity index is 697. The van der Waals surface area contributed by atoms with E-state index in [1.807, 2.05) is 31.5 Å². The summed E-state index contributed by atoms with van der Waals surface area (Å²) < 4.78 is 3.67. The van der Waals surface area contributed by atoms with Crippen LogP contribution in [0.25, 0.3) is 0 Å². The number of nitrogens with one attached hydrogen (secondary N) is 1. The van der Waals surface area contributed by atoms with Crippen LogP contribution in [0, 0.1) is 0 Å². The lowest BCUT2D eigenvalue weighted by Gasteiger charge is -2.19. The van der Waals surface area contributed by atoms with Gasteiger partial charge < -0.3 is 5.32 Å². The van der Waals surface area contributed by atoms with Crippen molar-refractivity contribution in [2.24, 2.45) is 0 Å². The number of anilines is 1. The molecule has 0 unspecified atom stereocenters. The lowest BCUT2D eigenvalue weighted by Crippen LogP contribution is -2.25. The Morgan fingerprint density at radius 1 is 1.38 bits per heavy atom. The quantitative estimate of drug-likeness (QED) is 0.834. The summed E-state index contributed by atoms with van der Waals surface area (Å²) in [6.45, 7) is 6.06. The van der Waals surface area contributed by atoms with Crippen LogP contribution in [0.4, 0.5) is 5.82 Å². The van der Waals surface area contributed by atoms with Gasteiger partial charge >= 0.3 is 0 Å². The molecule has 3 rings (SSSR count). The minimum atomic E-state index is -0.219. The fourth-order valence-electron chi connectivity index (χ4n) is 2.85. The van der Waals surface area contributed by atoms with Gasteiger partial charge in [0.05, 0.1) is 23.5 Å². The molecule has 9 heteroatoms. The maximum Gasteiger partial charge on any atom is 0.235 e. The smallest absolute Gasteiger partial charge is 0.235 e. The van der Waals surface area contributed by atoms with Crippen molar-refractivity contribution >= 4 is 23.5 Å². The first-order chi connectivity index (χ1) is 11.4. The normalized spacial score (nSPS) is 15.8. The summed E-state index contributed by atoms with van der Waals surface area (Å²) in [5.41, 5.74) is -0.219. The molecule has 0 radical (unpaired) electrons. The van der Waals surface area contributed by atoms with Crippen LogP contribution >= 0.6 is 11.8 Å². The summed E-state index contributed by atoms with van der Waals surface area (Å²) in [5.74, 6) is 0.942. The second kappa shape index (κ2) is 6.92. The van der Waals surface area contributed by atoms with E-state index in [2.05, 4.69) is 25.9 Å². The van der Waals surface area contributed by atoms with Crippen LogP contribution in [0.3, 0.4) is 0 Å². The van der Waals surface area contributed by atoms with Crippen LogP contribution in [0.5, 0.6) is 0 Å². The zero-order valence-electron chi connectivity index (χ0n) is 14.3. The molecule has 0 saturated heterocycles. The number of carbonyl (C=O) groups is 1. The molecule has 1 aliphatic rings. The fourth-order valence-corrected chi connectivity index (χ4v) is 3.71. The Kier molecular flexibility index (Phi) is 4.88. The average molecular weight is 349 g/mol. The summed E-state index contributed by atoms with van der Waals surface area (Å²) in [6.07, 6.45) is 6.44. The predicted octanol–water partition coefficient (Wildman–Crippen LogP) is 2.47. The predicted molar refractivity (Wildman–Crippen MR) is 91.9 cm³/mol. The number of nitrogens with zero attached hydrogens (tertiary/aromatic N) is 6. The average Bonchev–Trinajstić information content (AvgIpc) is 3.25. The minimum absolute atomic E-state index is 0.0804. The van der Waals surface area contributed by atoms with Gasteiger partial charge in [0, 0.05) is 6.07 Å². The molecule has 0 aromatic carbocycles. The Morgan fingerprint density at radius 2 is 2.12 bits per heavy atom. The van der Waals surface area contributed by atoms with Crippen molar-refractivity contribution in [1.29, 1.82) is 0 Å². The molecule has 1 amide bonds. The molecule has 8 nitrogen and oxygen atoms in total. The van der Waals surface area contributed by atoms with Gasteiger partial charge in [-0.15, -0.1) is 5.10 Å². The zero-order chi connectivity index (χ0) is 17.2. The molecule has 2 aromatic heterocycles. The van der Waals surface area contributed by atoms with Crippen molar-refractivity contribution in [3.05, 3.63) is 12.3 Å². The number of amides is 1. The minimum Gasteiger partial charge on any atom is -0.310 e. The Hall–Kier alpha value is -1.90. The second-order valence-electron chi connectivity index (χ2n) is 6.98. The van der Waals surface area contributed by atoms with Gasteiger partial charge in [0.15, 0.2) is 0 Å². The highest BCUT2D eigenvalue weighted by atomic mass is 32.2. The van der Waals surface area contributed by atoms with E-state index in [4.69, 9.17) is 0 Å². The molecule has 0 aliphatic heterocycles. The number of thioether (sulfide) groups is 1. The monoisotopic (exact) mass is 349 g/mol. The van der Waals surface area contributed by atoms with E-state index in [0.29, 0.717) is 11.2 Å². The first-order valence-electron chi connectivity index (χ1n) is 8.20. The van der Waals surface area contributed by atoms with Gasteiger partial charge in [-0.2, -0.15) is 5.10 Å². The molecule has 0 spiro atoms. The number of carbonyl (C=O) groups excluding carboxylic acids is 1. The lowest BCUT2D eigenvalue weighted by atomic mass is 10.1. The standard InChI is InChI=1S/C15H23N7OS/c1-15(2,3)22-14(18-19-20-22)24-10-13(23)17-12-8-9-16-21(12)11-6-4-5-7-11/h8-9,11H,4-7,10H2,1-3H3,(H,17,23). The Labute approximate surface area is 145 Å². The molecular weight excluding hydrogens is 326 g/mol. The van der Waals surface area contributed by atoms with E-state index in [9.17, 15) is 4.79 Å². The van der Waals surface area contributed by atoms with Crippen molar-refractivity contribution in [3.8, 4) is 0 Å². The number of tetrazole rings is 1. The van der Waals surface area contributed by atoms with E-state index in [-0.39, 0.29) is 17.2 Å². The third-order valence-electron chi connectivity index (χ3n) is 4.02. The Balaban J connectivity index is 1.59. The van der Waals surface area contributed by atoms with E-state index in [1.165, 1.54) is 24.6 Å². The summed E-state index contributed by atoms with van der Waals surface area (Å²) >= 11 is 1.33. The van der Waals surface area contributed by atoms with Crippen LogP contribution < -0.4 is 5.32 Å². The van der Waals surface area contributed by atoms with Gasteiger partial charge in [-0.25, -0.2) is 9.36 Å². The van der Waals surface area contributed by atoms with Crippen molar-refractivity contribution in [1.82, 2.24) is 30.0 Å². The maximum absolute atomic E-state index is 12.3. The van der Waals surface area contributed by atoms with E-state index in [0.717, 1.165) is 18.7 Å². The summed E-state index contributed by atoms with van der Waals surface area (Å²) in [6, 6.07) is 2.25. The van der Waals surface area contributed by atoms with Gasteiger partial charge in [-0.1, -0.05) is 24.6 Å². The lowest BCUT2D eigenvalue weighted by molar-refractivity contribution is -0.113. The van der Waals surface area contributed by atoms with Crippen LogP contribution in [-0.4, -0.2) is 41.6 Å². The number of aromatic nitrogens is 6. The van der Waals surface area contributed by atoms with Gasteiger partial charge in [-0.05, 0) is 44.0 Å². The third-order valence-corrected chi connectivity index (χ3v) is 4.94. The largest absolute Gasteiger partial charge is 0.310 e. The van der Waals surface area contributed by atoms with E-state index in [1.54, 1.807) is 10.9 Å². The molecule has 130 valence electrons. The first-order valence-corrected chi connectivity index (χ1v) is 9.19. The molecule has 0 atom stereocenters. The SMILES string of the molecule is CC(C)(C)n1nnnc1SCC(=O)Nc1ccnn1C1CCCC1. The second-order valence-corrected chi connectivity index (χ2v) is 7.92. The molecule has 1 N–H and O–H groups in total. The van der Waals surface area contributed by atoms with E-state index >= 15 is 0 Å². The number of rotatable bonds is 5. The number of hydrogen-bond donors (Lipinski definition) is 1. The molecule has 2 aromatic rings. The van der Waals surface area contributed by atoms with Crippen LogP contribution in [0.2, 0.25) is 0 Å². The van der Waals surface area contributed by atoms with Gasteiger partial charge in [-0.3, -0.25) is 4.79 Å². The van der Waals surface area contributed by atoms with Crippen LogP contribution in [0.1, 0.15) is 52.5 Å². The Morgan fingerprint density at radius 3 is 2.83 bits per heavy atom. The summed E-state index contributed by atoms with van der Waals surface area (Å²) in [7, 11) is 0.